The van der Waals surface area contributed by atoms with Crippen molar-refractivity contribution >= 4 is 6.09 Å². The van der Waals surface area contributed by atoms with E-state index >= 15 is 0 Å². The fourth-order valence-corrected chi connectivity index (χ4v) is 2.90. The number of carbonyl (C=O) groups excluding carboxylic acids is 1. The van der Waals surface area contributed by atoms with Gasteiger partial charge in [-0.05, 0) is 33.6 Å². The van der Waals surface area contributed by atoms with E-state index in [0.717, 1.165) is 25.7 Å². The summed E-state index contributed by atoms with van der Waals surface area (Å²) in [6.07, 6.45) is 3.93. The Labute approximate surface area is 115 Å². The Kier molecular flexibility index (Phi) is 4.06. The molecule has 2 aliphatic rings. The van der Waals surface area contributed by atoms with Crippen LogP contribution in [0.5, 0.6) is 0 Å². The van der Waals surface area contributed by atoms with E-state index in [2.05, 4.69) is 0 Å². The average molecular weight is 270 g/mol. The first kappa shape index (κ1) is 14.6. The monoisotopic (exact) mass is 270 g/mol. The van der Waals surface area contributed by atoms with Gasteiger partial charge >= 0.3 is 6.09 Å². The molecule has 110 valence electrons. The summed E-state index contributed by atoms with van der Waals surface area (Å²) in [5.74, 6) is 0. The zero-order chi connectivity index (χ0) is 14.1. The van der Waals surface area contributed by atoms with E-state index < -0.39 is 5.60 Å². The Morgan fingerprint density at radius 3 is 2.79 bits per heavy atom. The second-order valence-corrected chi connectivity index (χ2v) is 6.67. The van der Waals surface area contributed by atoms with Gasteiger partial charge in [0.05, 0.1) is 13.2 Å². The summed E-state index contributed by atoms with van der Waals surface area (Å²) in [7, 11) is 0. The Morgan fingerprint density at radius 2 is 2.16 bits per heavy atom. The molecule has 5 heteroatoms. The van der Waals surface area contributed by atoms with Crippen molar-refractivity contribution < 1.29 is 14.3 Å². The molecule has 1 saturated carbocycles. The van der Waals surface area contributed by atoms with Gasteiger partial charge in [0, 0.05) is 12.6 Å². The van der Waals surface area contributed by atoms with E-state index in [-0.39, 0.29) is 17.7 Å². The molecule has 19 heavy (non-hydrogen) atoms. The highest BCUT2D eigenvalue weighted by atomic mass is 16.6. The first-order chi connectivity index (χ1) is 8.82. The van der Waals surface area contributed by atoms with Crippen molar-refractivity contribution in [1.82, 2.24) is 4.90 Å². The summed E-state index contributed by atoms with van der Waals surface area (Å²) in [4.78, 5) is 13.9. The Bertz CT molecular complexity index is 336. The van der Waals surface area contributed by atoms with Gasteiger partial charge in [-0.2, -0.15) is 0 Å². The zero-order valence-electron chi connectivity index (χ0n) is 12.3. The first-order valence-corrected chi connectivity index (χ1v) is 7.20. The first-order valence-electron chi connectivity index (χ1n) is 7.20. The van der Waals surface area contributed by atoms with Gasteiger partial charge in [0.15, 0.2) is 0 Å². The fourth-order valence-electron chi connectivity index (χ4n) is 2.90. The molecule has 1 heterocycles. The molecular formula is C14H26N2O3. The van der Waals surface area contributed by atoms with Crippen molar-refractivity contribution in [3.05, 3.63) is 0 Å². The maximum absolute atomic E-state index is 12.2. The quantitative estimate of drug-likeness (QED) is 0.730. The van der Waals surface area contributed by atoms with E-state index in [1.165, 1.54) is 0 Å². The molecule has 0 aromatic carbocycles. The number of nitrogens with two attached hydrogens (primary N) is 1. The fraction of sp³-hybridized carbons (Fsp3) is 0.929. The lowest BCUT2D eigenvalue weighted by Crippen LogP contribution is -2.63. The highest BCUT2D eigenvalue weighted by Gasteiger charge is 2.45. The van der Waals surface area contributed by atoms with Crippen molar-refractivity contribution in [2.75, 3.05) is 19.7 Å². The summed E-state index contributed by atoms with van der Waals surface area (Å²) in [5.41, 5.74) is 5.42. The number of ether oxygens (including phenoxy) is 2. The molecule has 1 spiro atoms. The Morgan fingerprint density at radius 1 is 1.42 bits per heavy atom. The minimum absolute atomic E-state index is 0.0199. The van der Waals surface area contributed by atoms with Crippen molar-refractivity contribution in [2.45, 2.75) is 63.7 Å². The minimum atomic E-state index is -0.461. The van der Waals surface area contributed by atoms with Crippen LogP contribution in [0.4, 0.5) is 4.79 Å². The highest BCUT2D eigenvalue weighted by Crippen LogP contribution is 2.34. The van der Waals surface area contributed by atoms with Crippen molar-refractivity contribution in [3.63, 3.8) is 0 Å². The van der Waals surface area contributed by atoms with Crippen LogP contribution >= 0.6 is 0 Å². The van der Waals surface area contributed by atoms with E-state index in [1.807, 2.05) is 20.8 Å². The number of amides is 1. The van der Waals surface area contributed by atoms with E-state index in [4.69, 9.17) is 15.2 Å². The second kappa shape index (κ2) is 5.29. The molecule has 1 aliphatic carbocycles. The summed E-state index contributed by atoms with van der Waals surface area (Å²) in [6, 6.07) is 0.0199. The SMILES string of the molecule is CC(C)(C)OC(=O)N1CCO[C@]2(CCCCC2N)C1. The van der Waals surface area contributed by atoms with Gasteiger partial charge in [0.2, 0.25) is 0 Å². The van der Waals surface area contributed by atoms with E-state index in [1.54, 1.807) is 4.90 Å². The second-order valence-electron chi connectivity index (χ2n) is 6.67. The molecule has 0 aromatic heterocycles. The van der Waals surface area contributed by atoms with Gasteiger partial charge < -0.3 is 20.1 Å². The highest BCUT2D eigenvalue weighted by molar-refractivity contribution is 5.68. The molecule has 1 aliphatic heterocycles. The number of hydrogen-bond donors (Lipinski definition) is 1. The number of carbonyl (C=O) groups is 1. The third kappa shape index (κ3) is 3.39. The van der Waals surface area contributed by atoms with Crippen molar-refractivity contribution in [2.24, 2.45) is 5.73 Å². The van der Waals surface area contributed by atoms with Crippen molar-refractivity contribution in [3.8, 4) is 0 Å². The number of hydrogen-bond acceptors (Lipinski definition) is 4. The number of rotatable bonds is 0. The van der Waals surface area contributed by atoms with Crippen LogP contribution in [0, 0.1) is 0 Å². The van der Waals surface area contributed by atoms with Gasteiger partial charge in [-0.15, -0.1) is 0 Å². The summed E-state index contributed by atoms with van der Waals surface area (Å²) in [5, 5.41) is 0. The van der Waals surface area contributed by atoms with Crippen LogP contribution in [0.1, 0.15) is 46.5 Å². The maximum atomic E-state index is 12.2. The van der Waals surface area contributed by atoms with Crippen LogP contribution in [-0.2, 0) is 9.47 Å². The predicted octanol–water partition coefficient (Wildman–Crippen LogP) is 1.89. The summed E-state index contributed by atoms with van der Waals surface area (Å²) < 4.78 is 11.4. The third-order valence-electron chi connectivity index (χ3n) is 3.90. The smallest absolute Gasteiger partial charge is 0.410 e. The number of morpholine rings is 1. The molecule has 0 radical (unpaired) electrons. The molecule has 2 rings (SSSR count). The lowest BCUT2D eigenvalue weighted by atomic mass is 9.79. The van der Waals surface area contributed by atoms with Crippen LogP contribution in [0.2, 0.25) is 0 Å². The van der Waals surface area contributed by atoms with Gasteiger partial charge in [0.25, 0.3) is 0 Å². The molecular weight excluding hydrogens is 244 g/mol. The van der Waals surface area contributed by atoms with E-state index in [0.29, 0.717) is 19.7 Å². The number of nitrogens with zero attached hydrogens (tertiary/aromatic N) is 1. The lowest BCUT2D eigenvalue weighted by Gasteiger charge is -2.48. The summed E-state index contributed by atoms with van der Waals surface area (Å²) in [6.45, 7) is 7.34. The van der Waals surface area contributed by atoms with Gasteiger partial charge in [-0.25, -0.2) is 4.79 Å². The van der Waals surface area contributed by atoms with Crippen LogP contribution in [0.15, 0.2) is 0 Å². The largest absolute Gasteiger partial charge is 0.444 e. The summed E-state index contributed by atoms with van der Waals surface area (Å²) >= 11 is 0. The minimum Gasteiger partial charge on any atom is -0.444 e. The Balaban J connectivity index is 2.02. The van der Waals surface area contributed by atoms with E-state index in [9.17, 15) is 4.79 Å². The van der Waals surface area contributed by atoms with Crippen molar-refractivity contribution in [1.29, 1.82) is 0 Å². The molecule has 0 aromatic rings. The molecule has 1 unspecified atom stereocenters. The topological polar surface area (TPSA) is 64.8 Å². The van der Waals surface area contributed by atoms with Gasteiger partial charge in [-0.1, -0.05) is 12.8 Å². The van der Waals surface area contributed by atoms with Crippen LogP contribution in [-0.4, -0.2) is 47.9 Å². The van der Waals surface area contributed by atoms with Crippen LogP contribution in [0.3, 0.4) is 0 Å². The average Bonchev–Trinajstić information content (AvgIpc) is 2.31. The van der Waals surface area contributed by atoms with Crippen LogP contribution < -0.4 is 5.73 Å². The zero-order valence-corrected chi connectivity index (χ0v) is 12.3. The third-order valence-corrected chi connectivity index (χ3v) is 3.90. The van der Waals surface area contributed by atoms with Gasteiger partial charge in [-0.3, -0.25) is 0 Å². The molecule has 1 amide bonds. The predicted molar refractivity (Wildman–Crippen MR) is 72.9 cm³/mol. The normalized spacial score (nSPS) is 32.4. The molecule has 2 N–H and O–H groups in total. The lowest BCUT2D eigenvalue weighted by molar-refractivity contribution is -0.134. The van der Waals surface area contributed by atoms with Crippen LogP contribution in [0.25, 0.3) is 0 Å². The molecule has 0 bridgehead atoms. The van der Waals surface area contributed by atoms with Gasteiger partial charge in [0.1, 0.15) is 11.2 Å². The Hall–Kier alpha value is -0.810. The standard InChI is InChI=1S/C14H26N2O3/c1-13(2,3)19-12(17)16-8-9-18-14(10-16)7-5-4-6-11(14)15/h11H,4-10,15H2,1-3H3/t11?,14-/m1/s1. The maximum Gasteiger partial charge on any atom is 0.410 e. The molecule has 2 atom stereocenters. The molecule has 5 nitrogen and oxygen atoms in total. The molecule has 2 fully saturated rings. The molecule has 1 saturated heterocycles.